The molecular formula is C16H22ClNO. The quantitative estimate of drug-likeness (QED) is 0.885. The van der Waals surface area contributed by atoms with Gasteiger partial charge < -0.3 is 10.1 Å². The molecule has 1 N–H and O–H groups in total. The van der Waals surface area contributed by atoms with Crippen molar-refractivity contribution < 1.29 is 4.74 Å². The van der Waals surface area contributed by atoms with E-state index in [1.165, 1.54) is 37.7 Å². The van der Waals surface area contributed by atoms with Gasteiger partial charge >= 0.3 is 0 Å². The largest absolute Gasteiger partial charge is 0.493 e. The zero-order valence-electron chi connectivity index (χ0n) is 11.3. The molecule has 1 aromatic rings. The van der Waals surface area contributed by atoms with E-state index in [2.05, 4.69) is 11.4 Å². The maximum absolute atomic E-state index is 6.13. The zero-order chi connectivity index (χ0) is 13.1. The van der Waals surface area contributed by atoms with E-state index in [9.17, 15) is 0 Å². The Balaban J connectivity index is 1.66. The Hall–Kier alpha value is -0.730. The van der Waals surface area contributed by atoms with Gasteiger partial charge in [-0.25, -0.2) is 0 Å². The summed E-state index contributed by atoms with van der Waals surface area (Å²) < 4.78 is 6.02. The fraction of sp³-hybridized carbons (Fsp3) is 0.625. The fourth-order valence-corrected chi connectivity index (χ4v) is 3.11. The Labute approximate surface area is 120 Å². The Morgan fingerprint density at radius 3 is 2.79 bits per heavy atom. The van der Waals surface area contributed by atoms with E-state index in [1.54, 1.807) is 0 Å². The van der Waals surface area contributed by atoms with Gasteiger partial charge in [0.05, 0.1) is 6.61 Å². The minimum Gasteiger partial charge on any atom is -0.493 e. The van der Waals surface area contributed by atoms with Crippen molar-refractivity contribution in [2.75, 3.05) is 13.2 Å². The van der Waals surface area contributed by atoms with Crippen molar-refractivity contribution in [3.8, 4) is 5.75 Å². The van der Waals surface area contributed by atoms with Crippen LogP contribution in [0.15, 0.2) is 18.2 Å². The maximum atomic E-state index is 6.13. The third-order valence-electron chi connectivity index (χ3n) is 4.35. The normalized spacial score (nSPS) is 23.3. The molecule has 1 aromatic carbocycles. The number of hydrogen-bond donors (Lipinski definition) is 1. The lowest BCUT2D eigenvalue weighted by atomic mass is 9.86. The SMILES string of the molecule is Clc1ccc(OCC2CCC2)c(CC2CCCN2)c1. The number of halogens is 1. The van der Waals surface area contributed by atoms with Crippen LogP contribution in [0.4, 0.5) is 0 Å². The smallest absolute Gasteiger partial charge is 0.122 e. The molecule has 0 amide bonds. The van der Waals surface area contributed by atoms with E-state index in [1.807, 2.05) is 12.1 Å². The lowest BCUT2D eigenvalue weighted by molar-refractivity contribution is 0.179. The first kappa shape index (κ1) is 13.3. The molecule has 1 saturated heterocycles. The maximum Gasteiger partial charge on any atom is 0.122 e. The van der Waals surface area contributed by atoms with Crippen molar-refractivity contribution in [3.05, 3.63) is 28.8 Å². The summed E-state index contributed by atoms with van der Waals surface area (Å²) in [5.41, 5.74) is 1.26. The molecule has 1 aliphatic heterocycles. The molecule has 1 aliphatic carbocycles. The van der Waals surface area contributed by atoms with Gasteiger partial charge in [-0.3, -0.25) is 0 Å². The summed E-state index contributed by atoms with van der Waals surface area (Å²) in [6, 6.07) is 6.62. The zero-order valence-corrected chi connectivity index (χ0v) is 12.1. The second-order valence-electron chi connectivity index (χ2n) is 5.86. The van der Waals surface area contributed by atoms with Gasteiger partial charge in [-0.15, -0.1) is 0 Å². The summed E-state index contributed by atoms with van der Waals surface area (Å²) in [4.78, 5) is 0. The van der Waals surface area contributed by atoms with E-state index in [0.717, 1.165) is 36.3 Å². The summed E-state index contributed by atoms with van der Waals surface area (Å²) >= 11 is 6.13. The van der Waals surface area contributed by atoms with Crippen LogP contribution in [0.1, 0.15) is 37.7 Å². The van der Waals surface area contributed by atoms with Crippen LogP contribution < -0.4 is 10.1 Å². The predicted molar refractivity (Wildman–Crippen MR) is 79.0 cm³/mol. The molecule has 3 heteroatoms. The summed E-state index contributed by atoms with van der Waals surface area (Å²) in [6.45, 7) is 2.01. The van der Waals surface area contributed by atoms with Crippen molar-refractivity contribution in [1.82, 2.24) is 5.32 Å². The number of hydrogen-bond acceptors (Lipinski definition) is 2. The Morgan fingerprint density at radius 2 is 2.11 bits per heavy atom. The molecule has 2 nitrogen and oxygen atoms in total. The van der Waals surface area contributed by atoms with Crippen LogP contribution in [0.2, 0.25) is 5.02 Å². The van der Waals surface area contributed by atoms with Crippen LogP contribution in [0.25, 0.3) is 0 Å². The molecule has 0 radical (unpaired) electrons. The minimum atomic E-state index is 0.588. The Kier molecular flexibility index (Phi) is 4.29. The van der Waals surface area contributed by atoms with Gasteiger partial charge in [0, 0.05) is 11.1 Å². The summed E-state index contributed by atoms with van der Waals surface area (Å²) in [5, 5.41) is 4.35. The lowest BCUT2D eigenvalue weighted by Crippen LogP contribution is -2.24. The highest BCUT2D eigenvalue weighted by molar-refractivity contribution is 6.30. The Morgan fingerprint density at radius 1 is 1.21 bits per heavy atom. The highest BCUT2D eigenvalue weighted by atomic mass is 35.5. The topological polar surface area (TPSA) is 21.3 Å². The second-order valence-corrected chi connectivity index (χ2v) is 6.29. The van der Waals surface area contributed by atoms with Gasteiger partial charge in [0.1, 0.15) is 5.75 Å². The van der Waals surface area contributed by atoms with Crippen molar-refractivity contribution >= 4 is 11.6 Å². The Bertz CT molecular complexity index is 425. The van der Waals surface area contributed by atoms with Crippen LogP contribution in [0.5, 0.6) is 5.75 Å². The van der Waals surface area contributed by atoms with E-state index < -0.39 is 0 Å². The van der Waals surface area contributed by atoms with E-state index >= 15 is 0 Å². The number of ether oxygens (including phenoxy) is 1. The molecule has 1 heterocycles. The van der Waals surface area contributed by atoms with Gasteiger partial charge in [0.15, 0.2) is 0 Å². The summed E-state index contributed by atoms with van der Waals surface area (Å²) in [7, 11) is 0. The van der Waals surface area contributed by atoms with Crippen molar-refractivity contribution in [3.63, 3.8) is 0 Å². The minimum absolute atomic E-state index is 0.588. The van der Waals surface area contributed by atoms with Crippen LogP contribution in [-0.4, -0.2) is 19.2 Å². The molecule has 0 spiro atoms. The second kappa shape index (κ2) is 6.15. The third kappa shape index (κ3) is 3.43. The molecule has 104 valence electrons. The highest BCUT2D eigenvalue weighted by Crippen LogP contribution is 2.30. The van der Waals surface area contributed by atoms with Gasteiger partial charge in [0.2, 0.25) is 0 Å². The van der Waals surface area contributed by atoms with Crippen molar-refractivity contribution in [2.24, 2.45) is 5.92 Å². The molecule has 1 atom stereocenters. The molecule has 0 aromatic heterocycles. The molecule has 3 rings (SSSR count). The lowest BCUT2D eigenvalue weighted by Gasteiger charge is -2.26. The monoisotopic (exact) mass is 279 g/mol. The molecule has 19 heavy (non-hydrogen) atoms. The summed E-state index contributed by atoms with van der Waals surface area (Å²) in [5.74, 6) is 1.80. The number of nitrogens with one attached hydrogen (secondary N) is 1. The first-order valence-electron chi connectivity index (χ1n) is 7.46. The molecule has 0 bridgehead atoms. The fourth-order valence-electron chi connectivity index (χ4n) is 2.91. The van der Waals surface area contributed by atoms with Crippen LogP contribution in [0.3, 0.4) is 0 Å². The van der Waals surface area contributed by atoms with Crippen LogP contribution in [0, 0.1) is 5.92 Å². The van der Waals surface area contributed by atoms with Gasteiger partial charge in [-0.2, -0.15) is 0 Å². The van der Waals surface area contributed by atoms with E-state index in [-0.39, 0.29) is 0 Å². The van der Waals surface area contributed by atoms with Gasteiger partial charge in [-0.05, 0) is 68.3 Å². The molecule has 1 unspecified atom stereocenters. The van der Waals surface area contributed by atoms with Gasteiger partial charge in [0.25, 0.3) is 0 Å². The van der Waals surface area contributed by atoms with E-state index in [4.69, 9.17) is 16.3 Å². The summed E-state index contributed by atoms with van der Waals surface area (Å²) in [6.07, 6.45) is 7.59. The first-order valence-corrected chi connectivity index (χ1v) is 7.83. The first-order chi connectivity index (χ1) is 9.31. The predicted octanol–water partition coefficient (Wildman–Crippen LogP) is 3.81. The average molecular weight is 280 g/mol. The molecule has 2 fully saturated rings. The highest BCUT2D eigenvalue weighted by Gasteiger charge is 2.20. The van der Waals surface area contributed by atoms with E-state index in [0.29, 0.717) is 6.04 Å². The van der Waals surface area contributed by atoms with Crippen molar-refractivity contribution in [2.45, 2.75) is 44.6 Å². The number of rotatable bonds is 5. The van der Waals surface area contributed by atoms with Crippen LogP contribution >= 0.6 is 11.6 Å². The van der Waals surface area contributed by atoms with Gasteiger partial charge in [-0.1, -0.05) is 18.0 Å². The number of benzene rings is 1. The standard InChI is InChI=1S/C16H22ClNO/c17-14-6-7-16(19-11-12-3-1-4-12)13(9-14)10-15-5-2-8-18-15/h6-7,9,12,15,18H,1-5,8,10-11H2. The average Bonchev–Trinajstić information content (AvgIpc) is 2.82. The van der Waals surface area contributed by atoms with Crippen molar-refractivity contribution in [1.29, 1.82) is 0 Å². The molecular weight excluding hydrogens is 258 g/mol. The molecule has 1 saturated carbocycles. The third-order valence-corrected chi connectivity index (χ3v) is 4.59. The van der Waals surface area contributed by atoms with Crippen LogP contribution in [-0.2, 0) is 6.42 Å². The molecule has 2 aliphatic rings.